The quantitative estimate of drug-likeness (QED) is 0.463. The Labute approximate surface area is 154 Å². The maximum Gasteiger partial charge on any atom is 0.252 e. The second-order valence-corrected chi connectivity index (χ2v) is 13.9. The second kappa shape index (κ2) is 7.46. The summed E-state index contributed by atoms with van der Waals surface area (Å²) < 4.78 is 38.0. The predicted octanol–water partition coefficient (Wildman–Crippen LogP) is 3.85. The van der Waals surface area contributed by atoms with Crippen LogP contribution in [-0.4, -0.2) is 37.9 Å². The predicted molar refractivity (Wildman–Crippen MR) is 101 cm³/mol. The van der Waals surface area contributed by atoms with Crippen molar-refractivity contribution < 1.29 is 22.4 Å². The number of aromatic nitrogens is 1. The van der Waals surface area contributed by atoms with Gasteiger partial charge in [-0.1, -0.05) is 15.9 Å². The Morgan fingerprint density at radius 2 is 2.17 bits per heavy atom. The summed E-state index contributed by atoms with van der Waals surface area (Å²) in [4.78, 5) is 4.08. The highest BCUT2D eigenvalue weighted by atomic mass is 79.9. The lowest BCUT2D eigenvalue weighted by atomic mass is 10.4. The SMILES string of the molecule is C[Si](C)(C)Oc1c(NS(=O)(=O)CCCBr)oc(-c2nccs2)c1O. The van der Waals surface area contributed by atoms with Crippen molar-refractivity contribution in [3.8, 4) is 22.3 Å². The van der Waals surface area contributed by atoms with Crippen LogP contribution in [0.3, 0.4) is 0 Å². The molecule has 2 N–H and O–H groups in total. The van der Waals surface area contributed by atoms with Crippen molar-refractivity contribution in [2.75, 3.05) is 15.8 Å². The average molecular weight is 455 g/mol. The van der Waals surface area contributed by atoms with Crippen LogP contribution in [-0.2, 0) is 10.0 Å². The Morgan fingerprint density at radius 3 is 2.71 bits per heavy atom. The van der Waals surface area contributed by atoms with E-state index in [1.165, 1.54) is 11.3 Å². The number of nitrogens with zero attached hydrogens (tertiary/aromatic N) is 1. The van der Waals surface area contributed by atoms with E-state index in [0.29, 0.717) is 16.8 Å². The lowest BCUT2D eigenvalue weighted by Gasteiger charge is -2.19. The molecule has 2 heterocycles. The zero-order chi connectivity index (χ0) is 18.0. The van der Waals surface area contributed by atoms with Crippen molar-refractivity contribution in [1.29, 1.82) is 0 Å². The molecule has 0 saturated heterocycles. The van der Waals surface area contributed by atoms with Gasteiger partial charge in [0.05, 0.1) is 5.75 Å². The van der Waals surface area contributed by atoms with Crippen molar-refractivity contribution in [3.05, 3.63) is 11.6 Å². The fraction of sp³-hybridized carbons (Fsp3) is 0.462. The first kappa shape index (κ1) is 19.3. The highest BCUT2D eigenvalue weighted by Gasteiger charge is 2.30. The van der Waals surface area contributed by atoms with Gasteiger partial charge in [0, 0.05) is 16.9 Å². The molecule has 0 aliphatic heterocycles. The molecule has 24 heavy (non-hydrogen) atoms. The number of sulfonamides is 1. The van der Waals surface area contributed by atoms with Gasteiger partial charge in [-0.3, -0.25) is 0 Å². The number of furan rings is 1. The molecule has 0 bridgehead atoms. The molecular weight excluding hydrogens is 436 g/mol. The van der Waals surface area contributed by atoms with Gasteiger partial charge in [0.15, 0.2) is 5.01 Å². The van der Waals surface area contributed by atoms with Crippen LogP contribution in [0.1, 0.15) is 6.42 Å². The van der Waals surface area contributed by atoms with Crippen LogP contribution in [0.4, 0.5) is 5.88 Å². The molecule has 134 valence electrons. The van der Waals surface area contributed by atoms with E-state index in [1.54, 1.807) is 11.6 Å². The molecule has 0 amide bonds. The first-order chi connectivity index (χ1) is 11.1. The molecule has 0 aliphatic rings. The second-order valence-electron chi connectivity index (χ2n) is 5.95. The van der Waals surface area contributed by atoms with E-state index in [9.17, 15) is 13.5 Å². The summed E-state index contributed by atoms with van der Waals surface area (Å²) in [5.41, 5.74) is 0. The minimum absolute atomic E-state index is 0.0155. The maximum absolute atomic E-state index is 12.2. The summed E-state index contributed by atoms with van der Waals surface area (Å²) in [7, 11) is -5.73. The van der Waals surface area contributed by atoms with E-state index in [-0.39, 0.29) is 28.9 Å². The van der Waals surface area contributed by atoms with Crippen molar-refractivity contribution in [3.63, 3.8) is 0 Å². The molecule has 0 unspecified atom stereocenters. The Hall–Kier alpha value is -1.04. The number of anilines is 1. The summed E-state index contributed by atoms with van der Waals surface area (Å²) in [6, 6.07) is 0. The van der Waals surface area contributed by atoms with Crippen LogP contribution < -0.4 is 9.15 Å². The molecule has 2 rings (SSSR count). The van der Waals surface area contributed by atoms with Crippen molar-refractivity contribution in [2.24, 2.45) is 0 Å². The first-order valence-corrected chi connectivity index (χ1v) is 14.2. The number of rotatable bonds is 8. The third-order valence-electron chi connectivity index (χ3n) is 2.67. The summed E-state index contributed by atoms with van der Waals surface area (Å²) in [5.74, 6) is -0.322. The molecule has 0 aromatic carbocycles. The van der Waals surface area contributed by atoms with E-state index < -0.39 is 18.3 Å². The van der Waals surface area contributed by atoms with Gasteiger partial charge in [-0.2, -0.15) is 0 Å². The van der Waals surface area contributed by atoms with Gasteiger partial charge >= 0.3 is 0 Å². The van der Waals surface area contributed by atoms with Gasteiger partial charge in [-0.15, -0.1) is 11.3 Å². The van der Waals surface area contributed by atoms with E-state index in [2.05, 4.69) is 25.6 Å². The number of aromatic hydroxyl groups is 1. The molecule has 0 atom stereocenters. The van der Waals surface area contributed by atoms with Crippen LogP contribution in [0, 0.1) is 0 Å². The lowest BCUT2D eigenvalue weighted by Crippen LogP contribution is -2.29. The zero-order valence-electron chi connectivity index (χ0n) is 13.5. The molecule has 2 aromatic heterocycles. The van der Waals surface area contributed by atoms with Crippen molar-refractivity contribution in [2.45, 2.75) is 26.1 Å². The molecule has 0 radical (unpaired) electrons. The van der Waals surface area contributed by atoms with Crippen LogP contribution in [0.5, 0.6) is 11.5 Å². The first-order valence-electron chi connectivity index (χ1n) is 7.14. The highest BCUT2D eigenvalue weighted by molar-refractivity contribution is 9.09. The van der Waals surface area contributed by atoms with Gasteiger partial charge in [0.25, 0.3) is 5.88 Å². The summed E-state index contributed by atoms with van der Waals surface area (Å²) in [6.07, 6.45) is 2.02. The Balaban J connectivity index is 2.43. The van der Waals surface area contributed by atoms with Crippen molar-refractivity contribution in [1.82, 2.24) is 4.98 Å². The van der Waals surface area contributed by atoms with E-state index in [1.807, 2.05) is 19.6 Å². The summed E-state index contributed by atoms with van der Waals surface area (Å²) >= 11 is 4.47. The molecular formula is C13H19BrN2O5S2Si. The lowest BCUT2D eigenvalue weighted by molar-refractivity contribution is 0.440. The van der Waals surface area contributed by atoms with Gasteiger partial charge in [-0.25, -0.2) is 18.1 Å². The van der Waals surface area contributed by atoms with Gasteiger partial charge in [0.1, 0.15) is 0 Å². The Bertz CT molecular complexity index is 784. The third-order valence-corrected chi connectivity index (χ3v) is 6.14. The van der Waals surface area contributed by atoms with Gasteiger partial charge in [0.2, 0.25) is 35.6 Å². The standard InChI is InChI=1S/C13H19BrN2O5S2Si/c1-24(2,3)21-10-9(17)11(13-15-6-7-22-13)20-12(10)16-23(18,19)8-4-5-14/h6-7,16-17H,4-5,8H2,1-3H3. The Kier molecular flexibility index (Phi) is 5.99. The van der Waals surface area contributed by atoms with Gasteiger partial charge < -0.3 is 13.9 Å². The van der Waals surface area contributed by atoms with Gasteiger partial charge in [-0.05, 0) is 26.1 Å². The van der Waals surface area contributed by atoms with E-state index >= 15 is 0 Å². The smallest absolute Gasteiger partial charge is 0.252 e. The van der Waals surface area contributed by atoms with Crippen LogP contribution >= 0.6 is 27.3 Å². The minimum Gasteiger partial charge on any atom is -0.538 e. The average Bonchev–Trinajstić information content (AvgIpc) is 3.07. The minimum atomic E-state index is -3.61. The highest BCUT2D eigenvalue weighted by Crippen LogP contribution is 2.47. The topological polar surface area (TPSA) is 102 Å². The van der Waals surface area contributed by atoms with Crippen LogP contribution in [0.15, 0.2) is 16.0 Å². The number of nitrogens with one attached hydrogen (secondary N) is 1. The molecule has 0 aliphatic carbocycles. The maximum atomic E-state index is 12.2. The van der Waals surface area contributed by atoms with E-state index in [0.717, 1.165) is 0 Å². The third kappa shape index (κ3) is 4.98. The molecule has 2 aromatic rings. The number of thiazole rings is 1. The fourth-order valence-electron chi connectivity index (χ4n) is 1.79. The number of alkyl halides is 1. The van der Waals surface area contributed by atoms with E-state index in [4.69, 9.17) is 8.84 Å². The molecule has 0 saturated carbocycles. The molecule has 0 spiro atoms. The summed E-state index contributed by atoms with van der Waals surface area (Å²) in [6.45, 7) is 5.77. The fourth-order valence-corrected chi connectivity index (χ4v) is 4.91. The monoisotopic (exact) mass is 454 g/mol. The molecule has 7 nitrogen and oxygen atoms in total. The normalized spacial score (nSPS) is 12.3. The number of hydrogen-bond donors (Lipinski definition) is 2. The number of halogens is 1. The van der Waals surface area contributed by atoms with Crippen LogP contribution in [0.2, 0.25) is 19.6 Å². The largest absolute Gasteiger partial charge is 0.538 e. The van der Waals surface area contributed by atoms with Crippen molar-refractivity contribution >= 4 is 51.5 Å². The Morgan fingerprint density at radius 1 is 1.46 bits per heavy atom. The van der Waals surface area contributed by atoms with Crippen LogP contribution in [0.25, 0.3) is 10.8 Å². The molecule has 0 fully saturated rings. The molecule has 11 heteroatoms. The zero-order valence-corrected chi connectivity index (χ0v) is 17.7. The number of hydrogen-bond acceptors (Lipinski definition) is 7. The summed E-state index contributed by atoms with van der Waals surface area (Å²) in [5, 5.41) is 13.2.